The molecule has 0 radical (unpaired) electrons. The normalized spacial score (nSPS) is 20.8. The Kier molecular flexibility index (Phi) is 4.63. The molecule has 3 aromatic heterocycles. The summed E-state index contributed by atoms with van der Waals surface area (Å²) in [6.07, 6.45) is 3.34. The zero-order valence-electron chi connectivity index (χ0n) is 18.5. The van der Waals surface area contributed by atoms with Gasteiger partial charge in [0.05, 0.1) is 5.39 Å². The minimum absolute atomic E-state index is 0.0729. The molecular weight excluding hydrogens is 396 g/mol. The van der Waals surface area contributed by atoms with Crippen LogP contribution in [0.1, 0.15) is 54.1 Å². The van der Waals surface area contributed by atoms with Gasteiger partial charge in [0.1, 0.15) is 10.7 Å². The van der Waals surface area contributed by atoms with E-state index in [0.29, 0.717) is 17.2 Å². The Hall–Kier alpha value is -2.06. The molecular formula is C22H30N6OS. The van der Waals surface area contributed by atoms with Crippen molar-refractivity contribution in [2.24, 2.45) is 11.3 Å². The third-order valence-corrected chi connectivity index (χ3v) is 8.00. The van der Waals surface area contributed by atoms with Gasteiger partial charge in [-0.2, -0.15) is 4.52 Å². The van der Waals surface area contributed by atoms with Gasteiger partial charge in [-0.15, -0.1) is 16.4 Å². The van der Waals surface area contributed by atoms with E-state index in [4.69, 9.17) is 9.97 Å². The first-order valence-electron chi connectivity index (χ1n) is 10.9. The van der Waals surface area contributed by atoms with Crippen molar-refractivity contribution in [2.75, 3.05) is 33.2 Å². The highest BCUT2D eigenvalue weighted by molar-refractivity contribution is 7.19. The van der Waals surface area contributed by atoms with E-state index in [1.807, 2.05) is 11.8 Å². The van der Waals surface area contributed by atoms with Crippen molar-refractivity contribution in [1.29, 1.82) is 0 Å². The molecule has 7 nitrogen and oxygen atoms in total. The second-order valence-corrected chi connectivity index (χ2v) is 11.0. The molecule has 1 fully saturated rings. The first kappa shape index (κ1) is 19.9. The Balaban J connectivity index is 1.57. The average Bonchev–Trinajstić information content (AvgIpc) is 3.28. The van der Waals surface area contributed by atoms with Gasteiger partial charge in [0.25, 0.3) is 5.91 Å². The fourth-order valence-corrected chi connectivity index (χ4v) is 6.10. The maximum atomic E-state index is 13.1. The van der Waals surface area contributed by atoms with E-state index >= 15 is 0 Å². The molecule has 4 heterocycles. The van der Waals surface area contributed by atoms with E-state index in [0.717, 1.165) is 60.7 Å². The molecule has 0 aromatic carbocycles. The zero-order chi connectivity index (χ0) is 21.2. The second-order valence-electron chi connectivity index (χ2n) is 9.92. The molecule has 1 saturated heterocycles. The fraction of sp³-hybridized carbons (Fsp3) is 0.636. The number of fused-ring (bicyclic) bond motifs is 5. The molecule has 3 aromatic rings. The van der Waals surface area contributed by atoms with Crippen LogP contribution in [-0.4, -0.2) is 68.5 Å². The van der Waals surface area contributed by atoms with Crippen molar-refractivity contribution in [3.05, 3.63) is 22.1 Å². The predicted octanol–water partition coefficient (Wildman–Crippen LogP) is 3.19. The van der Waals surface area contributed by atoms with Crippen LogP contribution in [0, 0.1) is 18.3 Å². The number of rotatable bonds is 1. The molecule has 1 aliphatic heterocycles. The summed E-state index contributed by atoms with van der Waals surface area (Å²) in [5.41, 5.74) is 2.48. The maximum absolute atomic E-state index is 13.1. The lowest BCUT2D eigenvalue weighted by Crippen LogP contribution is -2.47. The lowest BCUT2D eigenvalue weighted by atomic mass is 9.72. The van der Waals surface area contributed by atoms with Crippen molar-refractivity contribution in [3.63, 3.8) is 0 Å². The standard InChI is InChI=1S/C22H30N6OS/c1-13-23-20-17(15-7-6-14(22(2,3)4)12-16(15)30-20)19-24-18(25-28(13)19)21(29)27-10-8-26(5)9-11-27/h14H,6-12H2,1-5H3. The van der Waals surface area contributed by atoms with Gasteiger partial charge in [-0.3, -0.25) is 4.79 Å². The van der Waals surface area contributed by atoms with Gasteiger partial charge in [-0.05, 0) is 50.1 Å². The summed E-state index contributed by atoms with van der Waals surface area (Å²) < 4.78 is 1.77. The van der Waals surface area contributed by atoms with E-state index in [9.17, 15) is 4.79 Å². The lowest BCUT2D eigenvalue weighted by Gasteiger charge is -2.33. The number of nitrogens with zero attached hydrogens (tertiary/aromatic N) is 6. The summed E-state index contributed by atoms with van der Waals surface area (Å²) in [7, 11) is 2.08. The number of amides is 1. The van der Waals surface area contributed by atoms with E-state index in [2.05, 4.69) is 37.8 Å². The number of thiophene rings is 1. The van der Waals surface area contributed by atoms with Crippen LogP contribution in [0.5, 0.6) is 0 Å². The quantitative estimate of drug-likeness (QED) is 0.598. The van der Waals surface area contributed by atoms with Crippen molar-refractivity contribution < 1.29 is 4.79 Å². The van der Waals surface area contributed by atoms with Gasteiger partial charge in [0.2, 0.25) is 5.82 Å². The summed E-state index contributed by atoms with van der Waals surface area (Å²) in [6.45, 7) is 12.2. The molecule has 1 amide bonds. The number of piperazine rings is 1. The summed E-state index contributed by atoms with van der Waals surface area (Å²) in [5.74, 6) is 1.69. The molecule has 8 heteroatoms. The number of aromatic nitrogens is 4. The van der Waals surface area contributed by atoms with Gasteiger partial charge >= 0.3 is 0 Å². The largest absolute Gasteiger partial charge is 0.333 e. The van der Waals surface area contributed by atoms with Crippen LogP contribution in [-0.2, 0) is 12.8 Å². The Bertz CT molecular complexity index is 1130. The van der Waals surface area contributed by atoms with Crippen molar-refractivity contribution in [2.45, 2.75) is 47.0 Å². The molecule has 1 unspecified atom stereocenters. The van der Waals surface area contributed by atoms with E-state index < -0.39 is 0 Å². The summed E-state index contributed by atoms with van der Waals surface area (Å²) in [6, 6.07) is 0. The van der Waals surface area contributed by atoms with Crippen molar-refractivity contribution >= 4 is 33.1 Å². The number of hydrogen-bond donors (Lipinski definition) is 0. The van der Waals surface area contributed by atoms with Crippen LogP contribution in [0.4, 0.5) is 0 Å². The molecule has 0 N–H and O–H groups in total. The average molecular weight is 427 g/mol. The molecule has 2 aliphatic rings. The van der Waals surface area contributed by atoms with Gasteiger partial charge in [0.15, 0.2) is 5.65 Å². The zero-order valence-corrected chi connectivity index (χ0v) is 19.3. The van der Waals surface area contributed by atoms with Crippen LogP contribution in [0.2, 0.25) is 0 Å². The highest BCUT2D eigenvalue weighted by Crippen LogP contribution is 2.43. The van der Waals surface area contributed by atoms with Gasteiger partial charge in [-0.1, -0.05) is 20.8 Å². The van der Waals surface area contributed by atoms with Gasteiger partial charge in [0, 0.05) is 31.1 Å². The Morgan fingerprint density at radius 3 is 2.57 bits per heavy atom. The minimum atomic E-state index is -0.0729. The van der Waals surface area contributed by atoms with Crippen LogP contribution in [0.15, 0.2) is 0 Å². The summed E-state index contributed by atoms with van der Waals surface area (Å²) >= 11 is 1.80. The molecule has 5 rings (SSSR count). The lowest BCUT2D eigenvalue weighted by molar-refractivity contribution is 0.0652. The molecule has 1 aliphatic carbocycles. The third kappa shape index (κ3) is 3.21. The number of carbonyl (C=O) groups is 1. The minimum Gasteiger partial charge on any atom is -0.333 e. The van der Waals surface area contributed by atoms with Gasteiger partial charge < -0.3 is 9.80 Å². The predicted molar refractivity (Wildman–Crippen MR) is 119 cm³/mol. The Morgan fingerprint density at radius 1 is 1.13 bits per heavy atom. The maximum Gasteiger partial charge on any atom is 0.293 e. The van der Waals surface area contributed by atoms with Crippen LogP contribution < -0.4 is 0 Å². The first-order chi connectivity index (χ1) is 14.2. The summed E-state index contributed by atoms with van der Waals surface area (Å²) in [4.78, 5) is 29.2. The SMILES string of the molecule is Cc1nc2sc3c(c2c2nc(C(=O)N4CCN(C)CC4)nn12)CCC(C(C)(C)C)C3. The molecule has 160 valence electrons. The molecule has 1 atom stereocenters. The molecule has 30 heavy (non-hydrogen) atoms. The molecule has 0 saturated carbocycles. The van der Waals surface area contributed by atoms with Crippen molar-refractivity contribution in [3.8, 4) is 0 Å². The Labute approximate surface area is 181 Å². The van der Waals surface area contributed by atoms with Gasteiger partial charge in [-0.25, -0.2) is 9.97 Å². The van der Waals surface area contributed by atoms with Crippen LogP contribution in [0.3, 0.4) is 0 Å². The second kappa shape index (κ2) is 6.99. The van der Waals surface area contributed by atoms with Crippen LogP contribution >= 0.6 is 11.3 Å². The highest BCUT2D eigenvalue weighted by atomic mass is 32.1. The first-order valence-corrected chi connectivity index (χ1v) is 11.7. The van der Waals surface area contributed by atoms with E-state index in [1.165, 1.54) is 16.9 Å². The topological polar surface area (TPSA) is 66.6 Å². The third-order valence-electron chi connectivity index (χ3n) is 6.85. The van der Waals surface area contributed by atoms with Crippen LogP contribution in [0.25, 0.3) is 15.9 Å². The fourth-order valence-electron chi connectivity index (χ4n) is 4.76. The van der Waals surface area contributed by atoms with Crippen molar-refractivity contribution in [1.82, 2.24) is 29.4 Å². The van der Waals surface area contributed by atoms with E-state index in [-0.39, 0.29) is 5.91 Å². The number of aryl methyl sites for hydroxylation is 2. The highest BCUT2D eigenvalue weighted by Gasteiger charge is 2.32. The number of hydrogen-bond acceptors (Lipinski definition) is 6. The molecule has 0 spiro atoms. The monoisotopic (exact) mass is 426 g/mol. The smallest absolute Gasteiger partial charge is 0.293 e. The number of carbonyl (C=O) groups excluding carboxylic acids is 1. The number of likely N-dealkylation sites (N-methyl/N-ethyl adjacent to an activating group) is 1. The van der Waals surface area contributed by atoms with E-state index in [1.54, 1.807) is 15.9 Å². The summed E-state index contributed by atoms with van der Waals surface area (Å²) in [5, 5.41) is 5.69. The molecule has 0 bridgehead atoms. The Morgan fingerprint density at radius 2 is 1.87 bits per heavy atom.